The van der Waals surface area contributed by atoms with Crippen molar-refractivity contribution in [2.24, 2.45) is 0 Å². The van der Waals surface area contributed by atoms with Gasteiger partial charge in [0.2, 0.25) is 0 Å². The molecule has 0 atom stereocenters. The summed E-state index contributed by atoms with van der Waals surface area (Å²) in [6, 6.07) is 6.73. The molecule has 0 radical (unpaired) electrons. The highest BCUT2D eigenvalue weighted by atomic mass is 32.2. The molecule has 3 rings (SSSR count). The van der Waals surface area contributed by atoms with Crippen molar-refractivity contribution in [3.05, 3.63) is 40.6 Å². The molecule has 1 aliphatic rings. The summed E-state index contributed by atoms with van der Waals surface area (Å²) in [6.07, 6.45) is 13.3. The molecule has 1 aromatic heterocycles. The number of hydrogen-bond acceptors (Lipinski definition) is 5. The van der Waals surface area contributed by atoms with Crippen molar-refractivity contribution in [3.63, 3.8) is 0 Å². The molecule has 0 fully saturated rings. The van der Waals surface area contributed by atoms with Gasteiger partial charge >= 0.3 is 0 Å². The zero-order chi connectivity index (χ0) is 22.4. The summed E-state index contributed by atoms with van der Waals surface area (Å²) >= 11 is 1.61. The largest absolute Gasteiger partial charge is 0.485 e. The minimum absolute atomic E-state index is 0.0610. The Morgan fingerprint density at radius 2 is 1.35 bits per heavy atom. The van der Waals surface area contributed by atoms with E-state index < -0.39 is 10.1 Å². The lowest BCUT2D eigenvalue weighted by molar-refractivity contribution is 0.173. The lowest BCUT2D eigenvalue weighted by Gasteiger charge is -2.13. The fraction of sp³-hybridized carbons (Fsp3) is 0.583. The van der Waals surface area contributed by atoms with Crippen LogP contribution < -0.4 is 9.47 Å². The standard InChI is InChI=1S/C18H30O3S.C6H6O2S/c1-2-3-4-5-6-7-8-9-10-11-14-17-15-12-13-16-18(17)22(19,20)21;1-2-8-6-4-9-3-5(6)7-1/h12-13,15-16H,2-11,14H2,1H3,(H,19,20,21);3-4H,1-2H2. The molecular formula is C24H36O5S2. The van der Waals surface area contributed by atoms with Crippen LogP contribution in [-0.4, -0.2) is 26.2 Å². The van der Waals surface area contributed by atoms with Crippen LogP contribution in [0.2, 0.25) is 0 Å². The Hall–Kier alpha value is -1.57. The van der Waals surface area contributed by atoms with Gasteiger partial charge in [0, 0.05) is 10.8 Å². The predicted molar refractivity (Wildman–Crippen MR) is 127 cm³/mol. The molecule has 1 N–H and O–H groups in total. The van der Waals surface area contributed by atoms with Crippen molar-refractivity contribution in [2.45, 2.75) is 82.4 Å². The summed E-state index contributed by atoms with van der Waals surface area (Å²) in [4.78, 5) is 0.0610. The molecule has 0 saturated carbocycles. The van der Waals surface area contributed by atoms with Crippen molar-refractivity contribution in [2.75, 3.05) is 13.2 Å². The van der Waals surface area contributed by atoms with Gasteiger partial charge in [-0.3, -0.25) is 4.55 Å². The highest BCUT2D eigenvalue weighted by molar-refractivity contribution is 7.85. The van der Waals surface area contributed by atoms with E-state index >= 15 is 0 Å². The quantitative estimate of drug-likeness (QED) is 0.270. The molecule has 2 heterocycles. The number of aryl methyl sites for hydroxylation is 1. The minimum atomic E-state index is -4.10. The average molecular weight is 469 g/mol. The fourth-order valence-corrected chi connectivity index (χ4v) is 4.99. The zero-order valence-electron chi connectivity index (χ0n) is 18.6. The van der Waals surface area contributed by atoms with E-state index in [1.165, 1.54) is 57.4 Å². The lowest BCUT2D eigenvalue weighted by Crippen LogP contribution is -2.13. The molecule has 1 aromatic carbocycles. The van der Waals surface area contributed by atoms with Gasteiger partial charge in [-0.15, -0.1) is 11.3 Å². The number of fused-ring (bicyclic) bond motifs is 1. The third kappa shape index (κ3) is 10.1. The zero-order valence-corrected chi connectivity index (χ0v) is 20.2. The molecule has 2 aromatic rings. The third-order valence-corrected chi connectivity index (χ3v) is 6.90. The van der Waals surface area contributed by atoms with Gasteiger partial charge in [-0.05, 0) is 24.5 Å². The van der Waals surface area contributed by atoms with Crippen LogP contribution >= 0.6 is 11.3 Å². The monoisotopic (exact) mass is 468 g/mol. The molecule has 31 heavy (non-hydrogen) atoms. The first-order chi connectivity index (χ1) is 15.0. The first-order valence-corrected chi connectivity index (χ1v) is 13.8. The van der Waals surface area contributed by atoms with Crippen LogP contribution in [0.3, 0.4) is 0 Å². The van der Waals surface area contributed by atoms with Crippen LogP contribution in [-0.2, 0) is 16.5 Å². The molecule has 174 valence electrons. The normalized spacial score (nSPS) is 12.8. The number of thiophene rings is 1. The minimum Gasteiger partial charge on any atom is -0.485 e. The second-order valence-corrected chi connectivity index (χ2v) is 9.95. The highest BCUT2D eigenvalue weighted by Crippen LogP contribution is 2.33. The second kappa shape index (κ2) is 14.5. The van der Waals surface area contributed by atoms with Crippen molar-refractivity contribution >= 4 is 21.5 Å². The van der Waals surface area contributed by atoms with E-state index in [0.29, 0.717) is 19.6 Å². The van der Waals surface area contributed by atoms with Crippen molar-refractivity contribution < 1.29 is 22.4 Å². The molecule has 0 amide bonds. The lowest BCUT2D eigenvalue weighted by atomic mass is 10.0. The van der Waals surface area contributed by atoms with E-state index in [4.69, 9.17) is 9.47 Å². The maximum absolute atomic E-state index is 11.3. The van der Waals surface area contributed by atoms with Gasteiger partial charge in [-0.2, -0.15) is 8.42 Å². The number of hydrogen-bond donors (Lipinski definition) is 1. The summed E-state index contributed by atoms with van der Waals surface area (Å²) in [5, 5.41) is 3.91. The topological polar surface area (TPSA) is 72.8 Å². The Kier molecular flexibility index (Phi) is 12.0. The Bertz CT molecular complexity index is 825. The van der Waals surface area contributed by atoms with E-state index in [1.807, 2.05) is 16.8 Å². The van der Waals surface area contributed by atoms with Gasteiger partial charge < -0.3 is 9.47 Å². The van der Waals surface area contributed by atoms with Gasteiger partial charge in [0.1, 0.15) is 13.2 Å². The number of rotatable bonds is 12. The Balaban J connectivity index is 0.000000309. The van der Waals surface area contributed by atoms with Crippen molar-refractivity contribution in [1.29, 1.82) is 0 Å². The summed E-state index contributed by atoms with van der Waals surface area (Å²) in [5.41, 5.74) is 0.726. The number of benzene rings is 1. The Labute approximate surface area is 191 Å². The molecule has 7 heteroatoms. The fourth-order valence-electron chi connectivity index (χ4n) is 3.55. The average Bonchev–Trinajstić information content (AvgIpc) is 3.24. The van der Waals surface area contributed by atoms with E-state index in [1.54, 1.807) is 23.5 Å². The summed E-state index contributed by atoms with van der Waals surface area (Å²) in [5.74, 6) is 1.79. The number of unbranched alkanes of at least 4 members (excludes halogenated alkanes) is 9. The van der Waals surface area contributed by atoms with Crippen molar-refractivity contribution in [1.82, 2.24) is 0 Å². The van der Waals surface area contributed by atoms with Crippen LogP contribution in [0.5, 0.6) is 11.5 Å². The molecule has 0 aliphatic carbocycles. The number of ether oxygens (including phenoxy) is 2. The molecule has 1 aliphatic heterocycles. The van der Waals surface area contributed by atoms with E-state index in [0.717, 1.165) is 29.9 Å². The maximum Gasteiger partial charge on any atom is 0.294 e. The van der Waals surface area contributed by atoms with Gasteiger partial charge in [0.25, 0.3) is 10.1 Å². The second-order valence-electron chi connectivity index (χ2n) is 7.81. The van der Waals surface area contributed by atoms with Gasteiger partial charge in [0.05, 0.1) is 4.90 Å². The van der Waals surface area contributed by atoms with E-state index in [-0.39, 0.29) is 4.90 Å². The van der Waals surface area contributed by atoms with E-state index in [2.05, 4.69) is 6.92 Å². The summed E-state index contributed by atoms with van der Waals surface area (Å²) < 4.78 is 42.3. The van der Waals surface area contributed by atoms with Crippen LogP contribution in [0.4, 0.5) is 0 Å². The third-order valence-electron chi connectivity index (χ3n) is 5.24. The van der Waals surface area contributed by atoms with E-state index in [9.17, 15) is 13.0 Å². The van der Waals surface area contributed by atoms with Crippen LogP contribution in [0.15, 0.2) is 39.9 Å². The van der Waals surface area contributed by atoms with Crippen LogP contribution in [0, 0.1) is 0 Å². The Morgan fingerprint density at radius 1 is 0.839 bits per heavy atom. The predicted octanol–water partition coefficient (Wildman–Crippen LogP) is 6.92. The summed E-state index contributed by atoms with van der Waals surface area (Å²) in [7, 11) is -4.10. The molecule has 0 bridgehead atoms. The van der Waals surface area contributed by atoms with Gasteiger partial charge in [0.15, 0.2) is 11.5 Å². The molecular weight excluding hydrogens is 432 g/mol. The maximum atomic E-state index is 11.3. The van der Waals surface area contributed by atoms with Crippen LogP contribution in [0.1, 0.15) is 76.7 Å². The van der Waals surface area contributed by atoms with Gasteiger partial charge in [-0.1, -0.05) is 82.9 Å². The first-order valence-electron chi connectivity index (χ1n) is 11.4. The first kappa shape index (κ1) is 25.7. The molecule has 5 nitrogen and oxygen atoms in total. The van der Waals surface area contributed by atoms with Crippen LogP contribution in [0.25, 0.3) is 0 Å². The molecule has 0 unspecified atom stereocenters. The summed E-state index contributed by atoms with van der Waals surface area (Å²) in [6.45, 7) is 3.60. The van der Waals surface area contributed by atoms with Gasteiger partial charge in [-0.25, -0.2) is 0 Å². The highest BCUT2D eigenvalue weighted by Gasteiger charge is 2.13. The van der Waals surface area contributed by atoms with Crippen molar-refractivity contribution in [3.8, 4) is 11.5 Å². The molecule has 0 spiro atoms. The molecule has 0 saturated heterocycles. The smallest absolute Gasteiger partial charge is 0.294 e. The SMILES string of the molecule is CCCCCCCCCCCCc1ccccc1S(=O)(=O)O.c1scc2c1OCCO2. The Morgan fingerprint density at radius 3 is 1.90 bits per heavy atom.